The van der Waals surface area contributed by atoms with Crippen molar-refractivity contribution in [2.24, 2.45) is 10.2 Å². The molecule has 0 bridgehead atoms. The van der Waals surface area contributed by atoms with E-state index in [-0.39, 0.29) is 22.0 Å². The summed E-state index contributed by atoms with van der Waals surface area (Å²) < 4.78 is 39.1. The number of aromatic hydroxyl groups is 1. The van der Waals surface area contributed by atoms with Crippen LogP contribution >= 0.6 is 11.6 Å². The molecule has 0 spiro atoms. The Morgan fingerprint density at radius 2 is 1.70 bits per heavy atom. The lowest BCUT2D eigenvalue weighted by molar-refractivity contribution is 0.102. The Labute approximate surface area is 218 Å². The monoisotopic (exact) mass is 539 g/mol. The molecule has 0 atom stereocenters. The zero-order valence-electron chi connectivity index (χ0n) is 19.8. The fourth-order valence-electron chi connectivity index (χ4n) is 3.73. The summed E-state index contributed by atoms with van der Waals surface area (Å²) in [6, 6.07) is 17.9. The molecule has 0 aromatic heterocycles. The highest BCUT2D eigenvalue weighted by Crippen LogP contribution is 2.41. The smallest absolute Gasteiger partial charge is 0.296 e. The van der Waals surface area contributed by atoms with Crippen LogP contribution in [0.4, 0.5) is 17.1 Å². The van der Waals surface area contributed by atoms with Crippen molar-refractivity contribution in [3.05, 3.63) is 82.9 Å². The predicted molar refractivity (Wildman–Crippen MR) is 141 cm³/mol. The third-order valence-corrected chi connectivity index (χ3v) is 6.53. The van der Waals surface area contributed by atoms with Gasteiger partial charge in [-0.25, -0.2) is 0 Å². The number of benzene rings is 4. The number of carbonyl (C=O) groups excluding carboxylic acids is 1. The number of amides is 1. The van der Waals surface area contributed by atoms with E-state index in [0.29, 0.717) is 34.4 Å². The number of hydrogen-bond acceptors (Lipinski definition) is 7. The maximum Gasteiger partial charge on any atom is 0.296 e. The number of halogens is 1. The largest absolute Gasteiger partial charge is 0.505 e. The van der Waals surface area contributed by atoms with E-state index < -0.39 is 26.7 Å². The molecule has 4 aromatic carbocycles. The molecule has 0 saturated heterocycles. The van der Waals surface area contributed by atoms with Crippen LogP contribution in [0.25, 0.3) is 10.8 Å². The maximum atomic E-state index is 13.2. The highest BCUT2D eigenvalue weighted by atomic mass is 35.5. The summed E-state index contributed by atoms with van der Waals surface area (Å²) in [6.07, 6.45) is 0. The van der Waals surface area contributed by atoms with Crippen LogP contribution in [0.3, 0.4) is 0 Å². The van der Waals surface area contributed by atoms with Crippen molar-refractivity contribution >= 4 is 55.5 Å². The third kappa shape index (κ3) is 5.56. The van der Waals surface area contributed by atoms with Crippen LogP contribution in [0.5, 0.6) is 11.5 Å². The van der Waals surface area contributed by atoms with E-state index in [2.05, 4.69) is 15.5 Å². The predicted octanol–water partition coefficient (Wildman–Crippen LogP) is 6.82. The van der Waals surface area contributed by atoms with Crippen molar-refractivity contribution in [2.75, 3.05) is 11.9 Å². The minimum atomic E-state index is -4.68. The molecule has 0 heterocycles. The van der Waals surface area contributed by atoms with Gasteiger partial charge >= 0.3 is 0 Å². The van der Waals surface area contributed by atoms with Crippen molar-refractivity contribution in [3.8, 4) is 11.5 Å². The van der Waals surface area contributed by atoms with Crippen molar-refractivity contribution in [3.63, 3.8) is 0 Å². The molecular formula is C26H22ClN3O6S. The number of fused-ring (bicyclic) bond motifs is 1. The molecule has 0 fully saturated rings. The van der Waals surface area contributed by atoms with E-state index in [0.717, 1.165) is 0 Å². The average molecular weight is 540 g/mol. The summed E-state index contributed by atoms with van der Waals surface area (Å²) >= 11 is 6.21. The first-order valence-corrected chi connectivity index (χ1v) is 12.9. The Bertz CT molecular complexity index is 1650. The number of phenols is 1. The van der Waals surface area contributed by atoms with Gasteiger partial charge < -0.3 is 15.2 Å². The normalized spacial score (nSPS) is 11.7. The van der Waals surface area contributed by atoms with Gasteiger partial charge in [0.2, 0.25) is 0 Å². The van der Waals surface area contributed by atoms with Crippen LogP contribution in [0.2, 0.25) is 5.02 Å². The summed E-state index contributed by atoms with van der Waals surface area (Å²) in [7, 11) is -4.68. The molecule has 4 rings (SSSR count). The number of nitrogens with zero attached hydrogens (tertiary/aromatic N) is 2. The molecule has 1 amide bonds. The number of hydrogen-bond donors (Lipinski definition) is 3. The number of carbonyl (C=O) groups is 1. The second kappa shape index (κ2) is 10.6. The molecule has 0 aliphatic carbocycles. The topological polar surface area (TPSA) is 138 Å². The van der Waals surface area contributed by atoms with Gasteiger partial charge in [-0.1, -0.05) is 48.0 Å². The van der Waals surface area contributed by atoms with Crippen molar-refractivity contribution < 1.29 is 27.6 Å². The molecule has 190 valence electrons. The lowest BCUT2D eigenvalue weighted by Crippen LogP contribution is -2.13. The standard InChI is InChI=1S/C26H22ClN3O6S/c1-3-36-21-11-7-6-10-20(21)28-26(32)18-14-16-8-4-5-9-17(16)23(25(18)31)29-30-24-19(27)12-15(2)13-22(24)37(33,34)35/h4-14,31H,3H2,1-2H3,(H,28,32)(H,33,34,35). The lowest BCUT2D eigenvalue weighted by atomic mass is 10.0. The van der Waals surface area contributed by atoms with E-state index in [9.17, 15) is 22.9 Å². The average Bonchev–Trinajstić information content (AvgIpc) is 2.84. The number of nitrogens with one attached hydrogen (secondary N) is 1. The molecule has 0 saturated carbocycles. The van der Waals surface area contributed by atoms with Gasteiger partial charge in [0.15, 0.2) is 5.75 Å². The van der Waals surface area contributed by atoms with E-state index >= 15 is 0 Å². The second-order valence-electron chi connectivity index (χ2n) is 7.99. The fraction of sp³-hybridized carbons (Fsp3) is 0.115. The van der Waals surface area contributed by atoms with Crippen LogP contribution in [-0.2, 0) is 10.1 Å². The van der Waals surface area contributed by atoms with Crippen LogP contribution in [0.15, 0.2) is 81.9 Å². The first kappa shape index (κ1) is 26.1. The highest BCUT2D eigenvalue weighted by molar-refractivity contribution is 7.86. The van der Waals surface area contributed by atoms with Gasteiger partial charge in [-0.3, -0.25) is 9.35 Å². The highest BCUT2D eigenvalue weighted by Gasteiger charge is 2.22. The Hall–Kier alpha value is -3.99. The first-order chi connectivity index (χ1) is 17.6. The van der Waals surface area contributed by atoms with Crippen LogP contribution in [-0.4, -0.2) is 30.6 Å². The van der Waals surface area contributed by atoms with E-state index in [1.165, 1.54) is 18.2 Å². The Morgan fingerprint density at radius 3 is 2.43 bits per heavy atom. The first-order valence-electron chi connectivity index (χ1n) is 11.1. The molecule has 0 radical (unpaired) electrons. The van der Waals surface area contributed by atoms with Crippen LogP contribution in [0.1, 0.15) is 22.8 Å². The van der Waals surface area contributed by atoms with E-state index in [1.807, 2.05) is 6.92 Å². The van der Waals surface area contributed by atoms with Crippen LogP contribution in [0, 0.1) is 6.92 Å². The van der Waals surface area contributed by atoms with Crippen LogP contribution < -0.4 is 10.1 Å². The molecule has 9 nitrogen and oxygen atoms in total. The summed E-state index contributed by atoms with van der Waals surface area (Å²) in [4.78, 5) is 12.7. The number of azo groups is 1. The molecule has 3 N–H and O–H groups in total. The van der Waals surface area contributed by atoms with Gasteiger partial charge in [-0.2, -0.15) is 8.42 Å². The third-order valence-electron chi connectivity index (χ3n) is 5.38. The number of para-hydroxylation sites is 2. The minimum absolute atomic E-state index is 0.0680. The molecule has 11 heteroatoms. The second-order valence-corrected chi connectivity index (χ2v) is 9.79. The van der Waals surface area contributed by atoms with Gasteiger partial charge in [0, 0.05) is 5.39 Å². The summed E-state index contributed by atoms with van der Waals surface area (Å²) in [6.45, 7) is 3.82. The zero-order chi connectivity index (χ0) is 26.7. The van der Waals surface area contributed by atoms with Crippen molar-refractivity contribution in [1.82, 2.24) is 0 Å². The van der Waals surface area contributed by atoms with Gasteiger partial charge in [0.05, 0.1) is 22.9 Å². The van der Waals surface area contributed by atoms with Gasteiger partial charge in [0.25, 0.3) is 16.0 Å². The maximum absolute atomic E-state index is 13.2. The van der Waals surface area contributed by atoms with Gasteiger partial charge in [-0.05, 0) is 55.1 Å². The molecule has 0 unspecified atom stereocenters. The lowest BCUT2D eigenvalue weighted by Gasteiger charge is -2.13. The Kier molecular flexibility index (Phi) is 7.44. The molecule has 0 aliphatic heterocycles. The molecule has 4 aromatic rings. The SMILES string of the molecule is CCOc1ccccc1NC(=O)c1cc2ccccc2c(N=Nc2c(Cl)cc(C)cc2S(=O)(=O)O)c1O. The van der Waals surface area contributed by atoms with Crippen molar-refractivity contribution in [2.45, 2.75) is 18.7 Å². The minimum Gasteiger partial charge on any atom is -0.505 e. The number of aryl methyl sites for hydroxylation is 1. The zero-order valence-corrected chi connectivity index (χ0v) is 21.3. The Balaban J connectivity index is 1.84. The van der Waals surface area contributed by atoms with Crippen molar-refractivity contribution in [1.29, 1.82) is 0 Å². The number of ether oxygens (including phenoxy) is 1. The fourth-order valence-corrected chi connectivity index (χ4v) is 4.83. The number of rotatable bonds is 7. The summed E-state index contributed by atoms with van der Waals surface area (Å²) in [5.74, 6) is -0.644. The summed E-state index contributed by atoms with van der Waals surface area (Å²) in [5, 5.41) is 22.8. The molecule has 0 aliphatic rings. The number of phenolic OH excluding ortho intramolecular Hbond substituents is 1. The number of anilines is 1. The van der Waals surface area contributed by atoms with Gasteiger partial charge in [-0.15, -0.1) is 10.2 Å². The van der Waals surface area contributed by atoms with E-state index in [1.54, 1.807) is 55.5 Å². The summed E-state index contributed by atoms with van der Waals surface area (Å²) in [5.41, 5.74) is 0.409. The van der Waals surface area contributed by atoms with Gasteiger partial charge in [0.1, 0.15) is 22.0 Å². The quantitative estimate of drug-likeness (QED) is 0.174. The van der Waals surface area contributed by atoms with E-state index in [4.69, 9.17) is 16.3 Å². The molecular weight excluding hydrogens is 518 g/mol. The molecule has 37 heavy (non-hydrogen) atoms. The Morgan fingerprint density at radius 1 is 1.03 bits per heavy atom.